The Morgan fingerprint density at radius 2 is 1.72 bits per heavy atom. The van der Waals surface area contributed by atoms with Crippen LogP contribution in [0, 0.1) is 13.8 Å². The van der Waals surface area contributed by atoms with Crippen LogP contribution >= 0.6 is 0 Å². The molecule has 0 spiro atoms. The molecule has 4 rings (SSSR count). The van der Waals surface area contributed by atoms with Gasteiger partial charge in [-0.1, -0.05) is 6.07 Å². The first kappa shape index (κ1) is 28.2. The molecule has 206 valence electrons. The smallest absolute Gasteiger partial charge is 0.232 e. The van der Waals surface area contributed by atoms with Crippen molar-refractivity contribution >= 4 is 11.3 Å². The Hall–Kier alpha value is -3.78. The van der Waals surface area contributed by atoms with Crippen LogP contribution in [-0.4, -0.2) is 65.3 Å². The zero-order valence-electron chi connectivity index (χ0n) is 22.4. The Bertz CT molecular complexity index is 1410. The third-order valence-electron chi connectivity index (χ3n) is 5.91. The minimum atomic E-state index is -2.37. The number of ether oxygens (including phenoxy) is 3. The van der Waals surface area contributed by atoms with Gasteiger partial charge in [0, 0.05) is 43.4 Å². The predicted molar refractivity (Wildman–Crippen MR) is 145 cm³/mol. The highest BCUT2D eigenvalue weighted by Crippen LogP contribution is 2.37. The van der Waals surface area contributed by atoms with Gasteiger partial charge >= 0.3 is 0 Å². The molecule has 0 aliphatic rings. The lowest BCUT2D eigenvalue weighted by molar-refractivity contribution is 0.0322. The summed E-state index contributed by atoms with van der Waals surface area (Å²) in [6.45, 7) is 5.97. The van der Waals surface area contributed by atoms with Gasteiger partial charge in [-0.3, -0.25) is 14.1 Å². The van der Waals surface area contributed by atoms with E-state index >= 15 is 0 Å². The number of hydrogen-bond acceptors (Lipinski definition) is 9. The average Bonchev–Trinajstić information content (AvgIpc) is 3.34. The lowest BCUT2D eigenvalue weighted by atomic mass is 10.1. The summed E-state index contributed by atoms with van der Waals surface area (Å²) in [4.78, 5) is 13.2. The Morgan fingerprint density at radius 3 is 2.31 bits per heavy atom. The van der Waals surface area contributed by atoms with Crippen LogP contribution < -0.4 is 14.2 Å². The molecule has 4 aromatic rings. The van der Waals surface area contributed by atoms with Crippen molar-refractivity contribution in [1.82, 2.24) is 34.4 Å². The fraction of sp³-hybridized carbons (Fsp3) is 0.346. The lowest BCUT2D eigenvalue weighted by Crippen LogP contribution is -2.40. The highest BCUT2D eigenvalue weighted by molar-refractivity contribution is 7.77. The Labute approximate surface area is 229 Å². The summed E-state index contributed by atoms with van der Waals surface area (Å²) in [5.74, 6) is 2.36. The molecule has 0 fully saturated rings. The van der Waals surface area contributed by atoms with E-state index in [1.54, 1.807) is 39.0 Å². The molecule has 0 amide bonds. The quantitative estimate of drug-likeness (QED) is 0.251. The maximum absolute atomic E-state index is 12.0. The van der Waals surface area contributed by atoms with E-state index < -0.39 is 23.4 Å². The van der Waals surface area contributed by atoms with E-state index in [0.29, 0.717) is 41.3 Å². The van der Waals surface area contributed by atoms with E-state index in [1.807, 2.05) is 49.6 Å². The van der Waals surface area contributed by atoms with Gasteiger partial charge in [-0.2, -0.15) is 0 Å². The number of methoxy groups -OCH3 is 2. The molecule has 39 heavy (non-hydrogen) atoms. The van der Waals surface area contributed by atoms with Crippen LogP contribution in [0.2, 0.25) is 0 Å². The second-order valence-corrected chi connectivity index (χ2v) is 9.44. The van der Waals surface area contributed by atoms with Crippen molar-refractivity contribution < 1.29 is 23.0 Å². The summed E-state index contributed by atoms with van der Waals surface area (Å²) >= 11 is -2.37. The normalized spacial score (nSPS) is 13.6. The molecule has 1 unspecified atom stereocenters. The number of pyridine rings is 1. The van der Waals surface area contributed by atoms with Gasteiger partial charge in [-0.15, -0.1) is 10.2 Å². The molecule has 0 aliphatic carbocycles. The number of nitrogens with zero attached hydrogens (tertiary/aromatic N) is 6. The highest BCUT2D eigenvalue weighted by Gasteiger charge is 2.32. The van der Waals surface area contributed by atoms with Crippen LogP contribution in [0.3, 0.4) is 0 Å². The summed E-state index contributed by atoms with van der Waals surface area (Å²) < 4.78 is 43.8. The van der Waals surface area contributed by atoms with Gasteiger partial charge in [0.15, 0.2) is 11.6 Å². The monoisotopic (exact) mass is 553 g/mol. The maximum atomic E-state index is 12.0. The number of aryl methyl sites for hydroxylation is 2. The van der Waals surface area contributed by atoms with Crippen molar-refractivity contribution in [3.63, 3.8) is 0 Å². The van der Waals surface area contributed by atoms with Gasteiger partial charge < -0.3 is 14.2 Å². The number of rotatable bonds is 12. The van der Waals surface area contributed by atoms with Crippen molar-refractivity contribution in [1.29, 1.82) is 0 Å². The fourth-order valence-electron chi connectivity index (χ4n) is 4.24. The highest BCUT2D eigenvalue weighted by atomic mass is 32.2. The first-order chi connectivity index (χ1) is 18.9. The standard InChI is InChI=1S/C26H31N7O5S/c1-6-38-24(25-28-13-17(3)14-29-25)19(32-39(34)35)11-22-30-31-26(18-10-16(2)12-27-15-18)33(22)23-20(36-4)8-7-9-21(23)37-5/h7-10,12-15,19,24,32H,6,11H2,1-5H3,(H,34,35)/t19-,24-/m0/s1. The van der Waals surface area contributed by atoms with Crippen molar-refractivity contribution in [2.45, 2.75) is 39.3 Å². The molecule has 0 saturated carbocycles. The molecule has 2 N–H and O–H groups in total. The summed E-state index contributed by atoms with van der Waals surface area (Å²) in [7, 11) is 3.13. The van der Waals surface area contributed by atoms with Gasteiger partial charge in [-0.25, -0.2) is 18.9 Å². The number of para-hydroxylation sites is 1. The zero-order chi connectivity index (χ0) is 27.9. The van der Waals surface area contributed by atoms with Crippen LogP contribution in [0.15, 0.2) is 49.1 Å². The van der Waals surface area contributed by atoms with Crippen molar-refractivity contribution in [3.8, 4) is 28.6 Å². The third-order valence-corrected chi connectivity index (χ3v) is 6.41. The molecule has 12 nitrogen and oxygen atoms in total. The average molecular weight is 554 g/mol. The number of benzene rings is 1. The van der Waals surface area contributed by atoms with Crippen molar-refractivity contribution in [3.05, 3.63) is 71.8 Å². The van der Waals surface area contributed by atoms with Crippen LogP contribution in [0.4, 0.5) is 0 Å². The van der Waals surface area contributed by atoms with Crippen LogP contribution in [0.5, 0.6) is 11.5 Å². The zero-order valence-corrected chi connectivity index (χ0v) is 23.2. The summed E-state index contributed by atoms with van der Waals surface area (Å²) in [5, 5.41) is 9.00. The Kier molecular flexibility index (Phi) is 9.30. The van der Waals surface area contributed by atoms with Gasteiger partial charge in [0.25, 0.3) is 0 Å². The van der Waals surface area contributed by atoms with E-state index in [2.05, 4.69) is 29.9 Å². The molecular formula is C26H31N7O5S. The molecule has 3 heterocycles. The SMILES string of the molecule is CCO[C@H](c1ncc(C)cn1)[C@H](Cc1nnc(-c2cncc(C)c2)n1-c1c(OC)cccc1OC)NS(=O)O. The predicted octanol–water partition coefficient (Wildman–Crippen LogP) is 3.17. The first-order valence-corrected chi connectivity index (χ1v) is 13.3. The van der Waals surface area contributed by atoms with Gasteiger partial charge in [0.1, 0.15) is 29.1 Å². The fourth-order valence-corrected chi connectivity index (χ4v) is 4.70. The Balaban J connectivity index is 1.90. The number of hydrogen-bond donors (Lipinski definition) is 2. The van der Waals surface area contributed by atoms with Gasteiger partial charge in [0.2, 0.25) is 11.3 Å². The van der Waals surface area contributed by atoms with Crippen LogP contribution in [0.25, 0.3) is 17.1 Å². The van der Waals surface area contributed by atoms with E-state index in [-0.39, 0.29) is 6.42 Å². The van der Waals surface area contributed by atoms with Crippen LogP contribution in [-0.2, 0) is 22.4 Å². The molecule has 0 saturated heterocycles. The first-order valence-electron chi connectivity index (χ1n) is 12.2. The minimum Gasteiger partial charge on any atom is -0.494 e. The number of nitrogens with one attached hydrogen (secondary N) is 1. The Morgan fingerprint density at radius 1 is 1.03 bits per heavy atom. The number of aromatic nitrogens is 6. The van der Waals surface area contributed by atoms with E-state index in [0.717, 1.165) is 16.7 Å². The summed E-state index contributed by atoms with van der Waals surface area (Å²) in [6, 6.07) is 6.62. The van der Waals surface area contributed by atoms with Crippen molar-refractivity contribution in [2.24, 2.45) is 0 Å². The molecule has 0 bridgehead atoms. The van der Waals surface area contributed by atoms with E-state index in [4.69, 9.17) is 14.2 Å². The topological polar surface area (TPSA) is 146 Å². The minimum absolute atomic E-state index is 0.113. The van der Waals surface area contributed by atoms with Crippen molar-refractivity contribution in [2.75, 3.05) is 20.8 Å². The maximum Gasteiger partial charge on any atom is 0.232 e. The van der Waals surface area contributed by atoms with Gasteiger partial charge in [-0.05, 0) is 50.1 Å². The van der Waals surface area contributed by atoms with Crippen LogP contribution in [0.1, 0.15) is 35.8 Å². The lowest BCUT2D eigenvalue weighted by Gasteiger charge is -2.26. The second kappa shape index (κ2) is 12.8. The molecule has 0 aliphatic heterocycles. The van der Waals surface area contributed by atoms with Gasteiger partial charge in [0.05, 0.1) is 20.3 Å². The molecule has 1 aromatic carbocycles. The molecule has 3 atom stereocenters. The summed E-state index contributed by atoms with van der Waals surface area (Å²) in [6.07, 6.45) is 6.14. The molecule has 0 radical (unpaired) electrons. The molecular weight excluding hydrogens is 522 g/mol. The van der Waals surface area contributed by atoms with E-state index in [9.17, 15) is 8.76 Å². The van der Waals surface area contributed by atoms with E-state index in [1.165, 1.54) is 0 Å². The third kappa shape index (κ3) is 6.45. The molecule has 13 heteroatoms. The summed E-state index contributed by atoms with van der Waals surface area (Å²) in [5.41, 5.74) is 3.12. The molecule has 3 aromatic heterocycles. The largest absolute Gasteiger partial charge is 0.494 e. The second-order valence-electron chi connectivity index (χ2n) is 8.71.